The van der Waals surface area contributed by atoms with Gasteiger partial charge in [-0.15, -0.1) is 0 Å². The topological polar surface area (TPSA) is 52.9 Å². The molecule has 0 saturated heterocycles. The van der Waals surface area contributed by atoms with Gasteiger partial charge in [-0.05, 0) is 13.8 Å². The highest BCUT2D eigenvalue weighted by Gasteiger charge is 2.04. The lowest BCUT2D eigenvalue weighted by molar-refractivity contribution is -0.129. The molecular weight excluding hydrogens is 144 g/mol. The van der Waals surface area contributed by atoms with Crippen molar-refractivity contribution in [3.05, 3.63) is 0 Å². The second kappa shape index (κ2) is 4.85. The van der Waals surface area contributed by atoms with Crippen LogP contribution in [0.4, 0.5) is 0 Å². The molecule has 0 atom stereocenters. The van der Waals surface area contributed by atoms with Gasteiger partial charge in [0.1, 0.15) is 0 Å². The van der Waals surface area contributed by atoms with Gasteiger partial charge < -0.3 is 5.11 Å². The summed E-state index contributed by atoms with van der Waals surface area (Å²) in [6.07, 6.45) is 0. The van der Waals surface area contributed by atoms with E-state index in [2.05, 4.69) is 5.10 Å². The van der Waals surface area contributed by atoms with Crippen molar-refractivity contribution in [2.24, 2.45) is 5.10 Å². The summed E-state index contributed by atoms with van der Waals surface area (Å²) in [6.45, 7) is 5.22. The molecular formula is C7H14N2O2. The van der Waals surface area contributed by atoms with Gasteiger partial charge >= 0.3 is 0 Å². The summed E-state index contributed by atoms with van der Waals surface area (Å²) in [5.41, 5.74) is 0.800. The maximum absolute atomic E-state index is 10.8. The minimum Gasteiger partial charge on any atom is -0.394 e. The van der Waals surface area contributed by atoms with E-state index in [1.165, 1.54) is 11.9 Å². The summed E-state index contributed by atoms with van der Waals surface area (Å²) < 4.78 is 0. The number of carbonyl (C=O) groups is 1. The summed E-state index contributed by atoms with van der Waals surface area (Å²) >= 11 is 0. The van der Waals surface area contributed by atoms with E-state index in [9.17, 15) is 4.79 Å². The zero-order valence-corrected chi connectivity index (χ0v) is 7.16. The average Bonchev–Trinajstić information content (AvgIpc) is 1.86. The highest BCUT2D eigenvalue weighted by atomic mass is 16.3. The highest BCUT2D eigenvalue weighted by molar-refractivity contribution is 5.81. The molecule has 0 aromatic heterocycles. The number of hydrogen-bond acceptors (Lipinski definition) is 3. The van der Waals surface area contributed by atoms with Crippen LogP contribution >= 0.6 is 0 Å². The Hall–Kier alpha value is -0.900. The largest absolute Gasteiger partial charge is 0.394 e. The predicted molar refractivity (Wildman–Crippen MR) is 43.3 cm³/mol. The molecule has 64 valence electrons. The van der Waals surface area contributed by atoms with Crippen molar-refractivity contribution in [1.82, 2.24) is 5.01 Å². The van der Waals surface area contributed by atoms with Gasteiger partial charge in [0, 0.05) is 12.6 Å². The lowest BCUT2D eigenvalue weighted by Crippen LogP contribution is -2.27. The summed E-state index contributed by atoms with van der Waals surface area (Å²) in [5.74, 6) is -0.153. The number of carbonyl (C=O) groups excluding carboxylic acids is 1. The van der Waals surface area contributed by atoms with Crippen LogP contribution in [0.2, 0.25) is 0 Å². The van der Waals surface area contributed by atoms with Crippen LogP contribution in [-0.4, -0.2) is 34.9 Å². The molecule has 1 N–H and O–H groups in total. The first-order valence-electron chi connectivity index (χ1n) is 3.48. The first kappa shape index (κ1) is 10.1. The molecule has 0 rings (SSSR count). The van der Waals surface area contributed by atoms with Gasteiger partial charge in [0.15, 0.2) is 0 Å². The normalized spacial score (nSPS) is 9.09. The molecule has 0 aromatic rings. The number of aliphatic hydroxyl groups excluding tert-OH is 1. The molecule has 0 bridgehead atoms. The van der Waals surface area contributed by atoms with Gasteiger partial charge in [-0.2, -0.15) is 5.10 Å². The van der Waals surface area contributed by atoms with Gasteiger partial charge in [-0.1, -0.05) is 0 Å². The number of rotatable bonds is 3. The average molecular weight is 158 g/mol. The quantitative estimate of drug-likeness (QED) is 0.472. The number of hydrogen-bond donors (Lipinski definition) is 1. The van der Waals surface area contributed by atoms with Gasteiger partial charge in [-0.3, -0.25) is 4.79 Å². The van der Waals surface area contributed by atoms with Crippen molar-refractivity contribution in [3.63, 3.8) is 0 Å². The van der Waals surface area contributed by atoms with Crippen molar-refractivity contribution in [2.45, 2.75) is 20.8 Å². The first-order chi connectivity index (χ1) is 5.07. The smallest absolute Gasteiger partial charge is 0.239 e. The van der Waals surface area contributed by atoms with Crippen LogP contribution in [0.3, 0.4) is 0 Å². The Morgan fingerprint density at radius 2 is 2.00 bits per heavy atom. The molecule has 0 aromatic carbocycles. The standard InChI is InChI=1S/C7H14N2O2/c1-6(2)8-9(4-5-10)7(3)11/h10H,4-5H2,1-3H3. The highest BCUT2D eigenvalue weighted by Crippen LogP contribution is 1.90. The Morgan fingerprint density at radius 3 is 2.27 bits per heavy atom. The molecule has 0 aliphatic carbocycles. The Kier molecular flexibility index (Phi) is 4.45. The molecule has 0 spiro atoms. The van der Waals surface area contributed by atoms with Crippen LogP contribution in [0.1, 0.15) is 20.8 Å². The SMILES string of the molecule is CC(=O)N(CCO)N=C(C)C. The second-order valence-corrected chi connectivity index (χ2v) is 2.41. The second-order valence-electron chi connectivity index (χ2n) is 2.41. The Labute approximate surface area is 66.5 Å². The molecule has 0 aliphatic rings. The summed E-state index contributed by atoms with van der Waals surface area (Å²) in [7, 11) is 0. The Morgan fingerprint density at radius 1 is 1.45 bits per heavy atom. The van der Waals surface area contributed by atoms with Crippen molar-refractivity contribution in [3.8, 4) is 0 Å². The van der Waals surface area contributed by atoms with E-state index < -0.39 is 0 Å². The van der Waals surface area contributed by atoms with E-state index in [0.29, 0.717) is 0 Å². The maximum Gasteiger partial charge on any atom is 0.239 e. The lowest BCUT2D eigenvalue weighted by Gasteiger charge is -2.13. The van der Waals surface area contributed by atoms with Gasteiger partial charge in [0.05, 0.1) is 13.2 Å². The van der Waals surface area contributed by atoms with Gasteiger partial charge in [0.2, 0.25) is 5.91 Å². The van der Waals surface area contributed by atoms with E-state index in [1.807, 2.05) is 0 Å². The Bertz CT molecular complexity index is 162. The third kappa shape index (κ3) is 4.50. The fraction of sp³-hybridized carbons (Fsp3) is 0.714. The first-order valence-corrected chi connectivity index (χ1v) is 3.48. The van der Waals surface area contributed by atoms with Crippen molar-refractivity contribution in [2.75, 3.05) is 13.2 Å². The minimum atomic E-state index is -0.153. The summed E-state index contributed by atoms with van der Waals surface area (Å²) in [6, 6.07) is 0. The lowest BCUT2D eigenvalue weighted by atomic mass is 10.5. The van der Waals surface area contributed by atoms with Crippen LogP contribution in [0.15, 0.2) is 5.10 Å². The molecule has 1 amide bonds. The molecule has 0 fully saturated rings. The van der Waals surface area contributed by atoms with Crippen LogP contribution in [0.5, 0.6) is 0 Å². The van der Waals surface area contributed by atoms with Crippen LogP contribution in [-0.2, 0) is 4.79 Å². The number of nitrogens with zero attached hydrogens (tertiary/aromatic N) is 2. The third-order valence-electron chi connectivity index (χ3n) is 0.996. The summed E-state index contributed by atoms with van der Waals surface area (Å²) in [4.78, 5) is 10.8. The molecule has 0 aliphatic heterocycles. The molecule has 0 saturated carbocycles. The van der Waals surface area contributed by atoms with Crippen LogP contribution in [0, 0.1) is 0 Å². The van der Waals surface area contributed by atoms with E-state index >= 15 is 0 Å². The van der Waals surface area contributed by atoms with Crippen molar-refractivity contribution in [1.29, 1.82) is 0 Å². The zero-order valence-electron chi connectivity index (χ0n) is 7.16. The number of aliphatic hydroxyl groups is 1. The van der Waals surface area contributed by atoms with Gasteiger partial charge in [-0.25, -0.2) is 5.01 Å². The molecule has 0 unspecified atom stereocenters. The van der Waals surface area contributed by atoms with Crippen molar-refractivity contribution >= 4 is 11.6 Å². The fourth-order valence-corrected chi connectivity index (χ4v) is 0.614. The molecule has 0 radical (unpaired) electrons. The maximum atomic E-state index is 10.8. The van der Waals surface area contributed by atoms with Crippen LogP contribution in [0.25, 0.3) is 0 Å². The number of hydrazone groups is 1. The molecule has 0 heterocycles. The summed E-state index contributed by atoms with van der Waals surface area (Å²) in [5, 5.41) is 13.7. The zero-order chi connectivity index (χ0) is 8.85. The van der Waals surface area contributed by atoms with E-state index in [-0.39, 0.29) is 19.1 Å². The minimum absolute atomic E-state index is 0.0592. The van der Waals surface area contributed by atoms with E-state index in [0.717, 1.165) is 5.71 Å². The Balaban J connectivity index is 4.11. The van der Waals surface area contributed by atoms with Gasteiger partial charge in [0.25, 0.3) is 0 Å². The molecule has 11 heavy (non-hydrogen) atoms. The fourth-order valence-electron chi connectivity index (χ4n) is 0.614. The van der Waals surface area contributed by atoms with E-state index in [4.69, 9.17) is 5.11 Å². The predicted octanol–water partition coefficient (Wildman–Crippen LogP) is 0.223. The molecule has 4 nitrogen and oxygen atoms in total. The van der Waals surface area contributed by atoms with Crippen molar-refractivity contribution < 1.29 is 9.90 Å². The number of amides is 1. The molecule has 4 heteroatoms. The third-order valence-corrected chi connectivity index (χ3v) is 0.996. The monoisotopic (exact) mass is 158 g/mol. The van der Waals surface area contributed by atoms with E-state index in [1.54, 1.807) is 13.8 Å². The van der Waals surface area contributed by atoms with Crippen LogP contribution < -0.4 is 0 Å².